The fraction of sp³-hybridized carbons (Fsp3) is 0.667. The van der Waals surface area contributed by atoms with Crippen LogP contribution in [0.3, 0.4) is 0 Å². The molecule has 16 heavy (non-hydrogen) atoms. The average molecular weight is 263 g/mol. The lowest BCUT2D eigenvalue weighted by Gasteiger charge is -2.04. The summed E-state index contributed by atoms with van der Waals surface area (Å²) >= 11 is 1.50. The Balaban J connectivity index is 2.35. The predicted octanol–water partition coefficient (Wildman–Crippen LogP) is 1.06. The van der Waals surface area contributed by atoms with Gasteiger partial charge in [0.15, 0.2) is 5.13 Å². The number of rotatable bonds is 7. The highest BCUT2D eigenvalue weighted by atomic mass is 32.2. The molecule has 0 atom stereocenters. The summed E-state index contributed by atoms with van der Waals surface area (Å²) in [5.41, 5.74) is 1.03. The van der Waals surface area contributed by atoms with E-state index in [9.17, 15) is 8.42 Å². The van der Waals surface area contributed by atoms with Crippen molar-refractivity contribution in [2.24, 2.45) is 0 Å². The molecule has 0 saturated carbocycles. The lowest BCUT2D eigenvalue weighted by atomic mass is 10.4. The zero-order chi connectivity index (χ0) is 12.0. The van der Waals surface area contributed by atoms with Crippen LogP contribution in [0.2, 0.25) is 0 Å². The largest absolute Gasteiger partial charge is 0.360 e. The fourth-order valence-corrected chi connectivity index (χ4v) is 2.91. The summed E-state index contributed by atoms with van der Waals surface area (Å²) < 4.78 is 25.1. The van der Waals surface area contributed by atoms with Crippen molar-refractivity contribution in [2.75, 3.05) is 24.2 Å². The second kappa shape index (κ2) is 6.17. The van der Waals surface area contributed by atoms with Gasteiger partial charge >= 0.3 is 0 Å². The zero-order valence-electron chi connectivity index (χ0n) is 9.49. The van der Waals surface area contributed by atoms with Crippen LogP contribution in [0.15, 0.2) is 5.38 Å². The van der Waals surface area contributed by atoms with Crippen molar-refractivity contribution in [3.05, 3.63) is 11.1 Å². The molecule has 0 aliphatic carbocycles. The monoisotopic (exact) mass is 263 g/mol. The molecule has 7 heteroatoms. The number of nitrogens with zero attached hydrogens (tertiary/aromatic N) is 1. The van der Waals surface area contributed by atoms with Crippen molar-refractivity contribution in [3.63, 3.8) is 0 Å². The summed E-state index contributed by atoms with van der Waals surface area (Å²) in [4.78, 5) is 4.29. The molecular weight excluding hydrogens is 246 g/mol. The number of aryl methyl sites for hydroxylation is 1. The molecule has 5 nitrogen and oxygen atoms in total. The lowest BCUT2D eigenvalue weighted by molar-refractivity contribution is 0.584. The van der Waals surface area contributed by atoms with Gasteiger partial charge in [0.2, 0.25) is 10.0 Å². The Kier molecular flexibility index (Phi) is 5.17. The maximum absolute atomic E-state index is 11.3. The van der Waals surface area contributed by atoms with E-state index in [0.717, 1.165) is 17.2 Å². The van der Waals surface area contributed by atoms with Crippen molar-refractivity contribution in [1.29, 1.82) is 0 Å². The number of hydrogen-bond donors (Lipinski definition) is 2. The molecule has 1 rings (SSSR count). The van der Waals surface area contributed by atoms with Crippen LogP contribution >= 0.6 is 11.3 Å². The maximum Gasteiger partial charge on any atom is 0.213 e. The van der Waals surface area contributed by atoms with Gasteiger partial charge in [0, 0.05) is 18.5 Å². The van der Waals surface area contributed by atoms with Gasteiger partial charge in [-0.1, -0.05) is 13.8 Å². The average Bonchev–Trinajstić information content (AvgIpc) is 2.65. The van der Waals surface area contributed by atoms with Gasteiger partial charge in [0.05, 0.1) is 11.4 Å². The third-order valence-corrected chi connectivity index (χ3v) is 4.24. The van der Waals surface area contributed by atoms with Gasteiger partial charge in [0.25, 0.3) is 0 Å². The van der Waals surface area contributed by atoms with Crippen molar-refractivity contribution >= 4 is 26.5 Å². The molecule has 0 spiro atoms. The van der Waals surface area contributed by atoms with Crippen LogP contribution < -0.4 is 10.0 Å². The van der Waals surface area contributed by atoms with Crippen molar-refractivity contribution in [2.45, 2.75) is 20.3 Å². The molecule has 0 radical (unpaired) electrons. The molecule has 0 aromatic carbocycles. The van der Waals surface area contributed by atoms with E-state index < -0.39 is 10.0 Å². The van der Waals surface area contributed by atoms with E-state index in [1.165, 1.54) is 11.3 Å². The van der Waals surface area contributed by atoms with E-state index in [1.54, 1.807) is 6.92 Å². The zero-order valence-corrected chi connectivity index (χ0v) is 11.1. The Morgan fingerprint density at radius 1 is 1.44 bits per heavy atom. The second-order valence-corrected chi connectivity index (χ2v) is 6.03. The highest BCUT2D eigenvalue weighted by molar-refractivity contribution is 7.89. The SMILES string of the molecule is CCNS(=O)(=O)CCNc1nc(CC)cs1. The lowest BCUT2D eigenvalue weighted by Crippen LogP contribution is -2.29. The Labute approximate surface area is 100 Å². The van der Waals surface area contributed by atoms with Crippen LogP contribution in [0.5, 0.6) is 0 Å². The van der Waals surface area contributed by atoms with Crippen LogP contribution in [0.25, 0.3) is 0 Å². The van der Waals surface area contributed by atoms with Gasteiger partial charge in [0.1, 0.15) is 0 Å². The summed E-state index contributed by atoms with van der Waals surface area (Å²) in [5, 5.41) is 5.76. The minimum atomic E-state index is -3.14. The first-order valence-corrected chi connectivity index (χ1v) is 7.76. The smallest absolute Gasteiger partial charge is 0.213 e. The Hall–Kier alpha value is -0.660. The maximum atomic E-state index is 11.3. The van der Waals surface area contributed by atoms with Crippen LogP contribution in [0, 0.1) is 0 Å². The number of thiazole rings is 1. The van der Waals surface area contributed by atoms with E-state index in [0.29, 0.717) is 13.1 Å². The molecule has 0 unspecified atom stereocenters. The number of sulfonamides is 1. The van der Waals surface area contributed by atoms with Crippen LogP contribution in [0.4, 0.5) is 5.13 Å². The van der Waals surface area contributed by atoms with Crippen LogP contribution in [-0.4, -0.2) is 32.2 Å². The Bertz CT molecular complexity index is 414. The topological polar surface area (TPSA) is 71.1 Å². The standard InChI is InChI=1S/C9H17N3O2S2/c1-3-8-7-15-9(12-8)10-5-6-16(13,14)11-4-2/h7,11H,3-6H2,1-2H3,(H,10,12). The highest BCUT2D eigenvalue weighted by Gasteiger charge is 2.08. The summed E-state index contributed by atoms with van der Waals surface area (Å²) in [7, 11) is -3.14. The normalized spacial score (nSPS) is 11.6. The number of nitrogens with one attached hydrogen (secondary N) is 2. The first-order valence-electron chi connectivity index (χ1n) is 5.23. The molecule has 1 heterocycles. The minimum Gasteiger partial charge on any atom is -0.360 e. The number of aromatic nitrogens is 1. The third kappa shape index (κ3) is 4.46. The van der Waals surface area contributed by atoms with E-state index in [4.69, 9.17) is 0 Å². The van der Waals surface area contributed by atoms with Crippen molar-refractivity contribution < 1.29 is 8.42 Å². The predicted molar refractivity (Wildman–Crippen MR) is 67.4 cm³/mol. The minimum absolute atomic E-state index is 0.0713. The molecule has 1 aromatic rings. The molecular formula is C9H17N3O2S2. The summed E-state index contributed by atoms with van der Waals surface area (Å²) in [6, 6.07) is 0. The number of hydrogen-bond acceptors (Lipinski definition) is 5. The Morgan fingerprint density at radius 2 is 2.19 bits per heavy atom. The quantitative estimate of drug-likeness (QED) is 0.771. The molecule has 0 fully saturated rings. The van der Waals surface area contributed by atoms with Gasteiger partial charge in [-0.2, -0.15) is 0 Å². The molecule has 1 aromatic heterocycles. The van der Waals surface area contributed by atoms with E-state index in [1.807, 2.05) is 12.3 Å². The van der Waals surface area contributed by atoms with Crippen molar-refractivity contribution in [3.8, 4) is 0 Å². The summed E-state index contributed by atoms with van der Waals surface area (Å²) in [6.45, 7) is 4.61. The summed E-state index contributed by atoms with van der Waals surface area (Å²) in [6.07, 6.45) is 0.897. The molecule has 0 bridgehead atoms. The third-order valence-electron chi connectivity index (χ3n) is 1.93. The first-order chi connectivity index (χ1) is 7.57. The molecule has 92 valence electrons. The van der Waals surface area contributed by atoms with E-state index in [-0.39, 0.29) is 5.75 Å². The highest BCUT2D eigenvalue weighted by Crippen LogP contribution is 2.15. The molecule has 0 saturated heterocycles. The summed E-state index contributed by atoms with van der Waals surface area (Å²) in [5.74, 6) is 0.0713. The molecule has 0 amide bonds. The van der Waals surface area contributed by atoms with Gasteiger partial charge in [-0.3, -0.25) is 0 Å². The molecule has 2 N–H and O–H groups in total. The molecule has 0 aliphatic rings. The van der Waals surface area contributed by atoms with E-state index >= 15 is 0 Å². The second-order valence-electron chi connectivity index (χ2n) is 3.24. The van der Waals surface area contributed by atoms with Crippen LogP contribution in [0.1, 0.15) is 19.5 Å². The van der Waals surface area contributed by atoms with Gasteiger partial charge in [-0.05, 0) is 6.42 Å². The van der Waals surface area contributed by atoms with Gasteiger partial charge < -0.3 is 5.32 Å². The van der Waals surface area contributed by atoms with Crippen LogP contribution in [-0.2, 0) is 16.4 Å². The molecule has 0 aliphatic heterocycles. The first kappa shape index (κ1) is 13.4. The van der Waals surface area contributed by atoms with Gasteiger partial charge in [-0.25, -0.2) is 18.1 Å². The number of anilines is 1. The van der Waals surface area contributed by atoms with E-state index in [2.05, 4.69) is 15.0 Å². The van der Waals surface area contributed by atoms with Crippen molar-refractivity contribution in [1.82, 2.24) is 9.71 Å². The fourth-order valence-electron chi connectivity index (χ4n) is 1.13. The van der Waals surface area contributed by atoms with Gasteiger partial charge in [-0.15, -0.1) is 11.3 Å². The Morgan fingerprint density at radius 3 is 2.75 bits per heavy atom.